The summed E-state index contributed by atoms with van der Waals surface area (Å²) < 4.78 is 11.5. The van der Waals surface area contributed by atoms with Gasteiger partial charge in [-0.3, -0.25) is 0 Å². The predicted octanol–water partition coefficient (Wildman–Crippen LogP) is 3.71. The highest BCUT2D eigenvalue weighted by atomic mass is 16.5. The van der Waals surface area contributed by atoms with Crippen LogP contribution in [0, 0.1) is 5.92 Å². The van der Waals surface area contributed by atoms with Crippen molar-refractivity contribution in [2.75, 3.05) is 6.61 Å². The Morgan fingerprint density at radius 3 is 2.30 bits per heavy atom. The molecule has 3 heteroatoms. The van der Waals surface area contributed by atoms with Crippen LogP contribution in [0.3, 0.4) is 0 Å². The highest BCUT2D eigenvalue weighted by Crippen LogP contribution is 2.47. The van der Waals surface area contributed by atoms with Gasteiger partial charge in [0.25, 0.3) is 0 Å². The maximum Gasteiger partial charge on any atom is 0.119 e. The molecule has 2 unspecified atom stereocenters. The van der Waals surface area contributed by atoms with Gasteiger partial charge >= 0.3 is 0 Å². The van der Waals surface area contributed by atoms with Crippen molar-refractivity contribution in [2.45, 2.75) is 58.3 Å². The minimum Gasteiger partial charge on any atom is -0.494 e. The molecule has 1 aromatic carbocycles. The third-order valence-corrected chi connectivity index (χ3v) is 4.06. The zero-order valence-corrected chi connectivity index (χ0v) is 13.1. The first-order valence-electron chi connectivity index (χ1n) is 7.36. The molecule has 0 aliphatic carbocycles. The molecule has 2 atom stereocenters. The molecule has 1 aliphatic rings. The van der Waals surface area contributed by atoms with Crippen molar-refractivity contribution in [1.29, 1.82) is 0 Å². The summed E-state index contributed by atoms with van der Waals surface area (Å²) >= 11 is 0. The minimum absolute atomic E-state index is 0.0930. The molecule has 1 aromatic rings. The van der Waals surface area contributed by atoms with E-state index in [1.54, 1.807) is 0 Å². The fourth-order valence-electron chi connectivity index (χ4n) is 3.26. The number of aliphatic hydroxyl groups is 1. The molecule has 1 N–H and O–H groups in total. The summed E-state index contributed by atoms with van der Waals surface area (Å²) in [6, 6.07) is 7.71. The molecule has 0 aromatic heterocycles. The average molecular weight is 278 g/mol. The van der Waals surface area contributed by atoms with Gasteiger partial charge in [0.1, 0.15) is 5.75 Å². The third-order valence-electron chi connectivity index (χ3n) is 4.06. The summed E-state index contributed by atoms with van der Waals surface area (Å²) in [4.78, 5) is 0. The molecule has 0 amide bonds. The van der Waals surface area contributed by atoms with E-state index in [0.29, 0.717) is 6.61 Å². The van der Waals surface area contributed by atoms with Crippen LogP contribution in [0.5, 0.6) is 5.75 Å². The summed E-state index contributed by atoms with van der Waals surface area (Å²) in [6.07, 6.45) is 0.344. The van der Waals surface area contributed by atoms with E-state index in [-0.39, 0.29) is 17.1 Å². The van der Waals surface area contributed by atoms with E-state index >= 15 is 0 Å². The molecule has 112 valence electrons. The summed E-state index contributed by atoms with van der Waals surface area (Å²) in [7, 11) is 0. The van der Waals surface area contributed by atoms with E-state index in [2.05, 4.69) is 27.7 Å². The standard InChI is InChI=1S/C17H26O3/c1-6-19-13-9-7-12(8-10-13)15(18)14-11-16(2,3)20-17(14,4)5/h7-10,14-15,18H,6,11H2,1-5H3. The third kappa shape index (κ3) is 3.15. The number of hydrogen-bond acceptors (Lipinski definition) is 3. The van der Waals surface area contributed by atoms with Crippen molar-refractivity contribution in [2.24, 2.45) is 5.92 Å². The first-order chi connectivity index (χ1) is 9.25. The van der Waals surface area contributed by atoms with Gasteiger partial charge in [-0.1, -0.05) is 12.1 Å². The lowest BCUT2D eigenvalue weighted by Crippen LogP contribution is -2.32. The SMILES string of the molecule is CCOc1ccc(C(O)C2CC(C)(C)OC2(C)C)cc1. The summed E-state index contributed by atoms with van der Waals surface area (Å²) in [5.41, 5.74) is 0.426. The molecule has 0 bridgehead atoms. The first kappa shape index (κ1) is 15.3. The Hall–Kier alpha value is -1.06. The van der Waals surface area contributed by atoms with Crippen LogP contribution in [0.1, 0.15) is 52.7 Å². The average Bonchev–Trinajstić information content (AvgIpc) is 2.58. The second-order valence-corrected chi connectivity index (χ2v) is 6.72. The first-order valence-corrected chi connectivity index (χ1v) is 7.36. The fourth-order valence-corrected chi connectivity index (χ4v) is 3.26. The molecule has 1 heterocycles. The topological polar surface area (TPSA) is 38.7 Å². The number of rotatable bonds is 4. The molecular formula is C17H26O3. The van der Waals surface area contributed by atoms with Crippen molar-refractivity contribution in [1.82, 2.24) is 0 Å². The van der Waals surface area contributed by atoms with Crippen LogP contribution in [0.25, 0.3) is 0 Å². The zero-order chi connectivity index (χ0) is 15.0. The van der Waals surface area contributed by atoms with Crippen molar-refractivity contribution < 1.29 is 14.6 Å². The summed E-state index contributed by atoms with van der Waals surface area (Å²) in [5.74, 6) is 0.932. The van der Waals surface area contributed by atoms with Crippen molar-refractivity contribution >= 4 is 0 Å². The van der Waals surface area contributed by atoms with Crippen molar-refractivity contribution in [3.63, 3.8) is 0 Å². The largest absolute Gasteiger partial charge is 0.494 e. The Bertz CT molecular complexity index is 448. The van der Waals surface area contributed by atoms with E-state index in [1.165, 1.54) is 0 Å². The van der Waals surface area contributed by atoms with E-state index in [0.717, 1.165) is 17.7 Å². The van der Waals surface area contributed by atoms with Crippen LogP contribution in [0.4, 0.5) is 0 Å². The lowest BCUT2D eigenvalue weighted by atomic mass is 9.80. The zero-order valence-electron chi connectivity index (χ0n) is 13.1. The van der Waals surface area contributed by atoms with Gasteiger partial charge in [-0.15, -0.1) is 0 Å². The lowest BCUT2D eigenvalue weighted by molar-refractivity contribution is -0.0880. The van der Waals surface area contributed by atoms with Gasteiger partial charge in [0.05, 0.1) is 23.9 Å². The molecular weight excluding hydrogens is 252 g/mol. The smallest absolute Gasteiger partial charge is 0.119 e. The van der Waals surface area contributed by atoms with Crippen LogP contribution in [-0.4, -0.2) is 22.9 Å². The Labute approximate surface area is 121 Å². The molecule has 1 aliphatic heterocycles. The van der Waals surface area contributed by atoms with Gasteiger partial charge < -0.3 is 14.6 Å². The molecule has 0 spiro atoms. The second kappa shape index (κ2) is 5.38. The number of hydrogen-bond donors (Lipinski definition) is 1. The maximum atomic E-state index is 10.7. The van der Waals surface area contributed by atoms with Gasteiger partial charge in [-0.2, -0.15) is 0 Å². The highest BCUT2D eigenvalue weighted by Gasteiger charge is 2.49. The Morgan fingerprint density at radius 1 is 1.25 bits per heavy atom. The fraction of sp³-hybridized carbons (Fsp3) is 0.647. The van der Waals surface area contributed by atoms with Gasteiger partial charge in [0.15, 0.2) is 0 Å². The Morgan fingerprint density at radius 2 is 1.85 bits per heavy atom. The van der Waals surface area contributed by atoms with Crippen molar-refractivity contribution in [3.05, 3.63) is 29.8 Å². The number of ether oxygens (including phenoxy) is 2. The van der Waals surface area contributed by atoms with Crippen LogP contribution in [0.15, 0.2) is 24.3 Å². The van der Waals surface area contributed by atoms with E-state index in [1.807, 2.05) is 31.2 Å². The number of benzene rings is 1. The van der Waals surface area contributed by atoms with Crippen LogP contribution >= 0.6 is 0 Å². The molecule has 3 nitrogen and oxygen atoms in total. The molecule has 0 radical (unpaired) electrons. The molecule has 20 heavy (non-hydrogen) atoms. The van der Waals surface area contributed by atoms with Gasteiger partial charge in [0, 0.05) is 5.92 Å². The van der Waals surface area contributed by atoms with E-state index in [4.69, 9.17) is 9.47 Å². The Balaban J connectivity index is 2.16. The van der Waals surface area contributed by atoms with E-state index in [9.17, 15) is 5.11 Å². The van der Waals surface area contributed by atoms with Crippen LogP contribution in [0.2, 0.25) is 0 Å². The van der Waals surface area contributed by atoms with Crippen LogP contribution < -0.4 is 4.74 Å². The summed E-state index contributed by atoms with van der Waals surface area (Å²) in [5, 5.41) is 10.7. The van der Waals surface area contributed by atoms with Gasteiger partial charge in [-0.25, -0.2) is 0 Å². The normalized spacial score (nSPS) is 25.4. The molecule has 1 saturated heterocycles. The minimum atomic E-state index is -0.512. The Kier molecular flexibility index (Phi) is 4.12. The van der Waals surface area contributed by atoms with Crippen molar-refractivity contribution in [3.8, 4) is 5.75 Å². The number of aliphatic hydroxyl groups excluding tert-OH is 1. The van der Waals surface area contributed by atoms with E-state index < -0.39 is 6.10 Å². The second-order valence-electron chi connectivity index (χ2n) is 6.72. The monoisotopic (exact) mass is 278 g/mol. The molecule has 0 saturated carbocycles. The quantitative estimate of drug-likeness (QED) is 0.912. The summed E-state index contributed by atoms with van der Waals surface area (Å²) in [6.45, 7) is 10.9. The molecule has 2 rings (SSSR count). The predicted molar refractivity (Wildman–Crippen MR) is 79.9 cm³/mol. The highest BCUT2D eigenvalue weighted by molar-refractivity contribution is 5.29. The van der Waals surface area contributed by atoms with Crippen LogP contribution in [-0.2, 0) is 4.74 Å². The molecule has 1 fully saturated rings. The lowest BCUT2D eigenvalue weighted by Gasteiger charge is -2.30. The van der Waals surface area contributed by atoms with Gasteiger partial charge in [0.2, 0.25) is 0 Å². The van der Waals surface area contributed by atoms with Gasteiger partial charge in [-0.05, 0) is 58.7 Å². The maximum absolute atomic E-state index is 10.7.